The van der Waals surface area contributed by atoms with Crippen molar-refractivity contribution < 1.29 is 49.2 Å². The van der Waals surface area contributed by atoms with Gasteiger partial charge in [0, 0.05) is 12.8 Å². The smallest absolute Gasteiger partial charge is 0.326 e. The van der Waals surface area contributed by atoms with Crippen LogP contribution in [0.2, 0.25) is 0 Å². The molecule has 0 heterocycles. The van der Waals surface area contributed by atoms with Crippen LogP contribution >= 0.6 is 0 Å². The van der Waals surface area contributed by atoms with Gasteiger partial charge in [-0.1, -0.05) is 12.1 Å². The molecule has 1 rings (SSSR count). The van der Waals surface area contributed by atoms with Gasteiger partial charge in [0.15, 0.2) is 0 Å². The molecule has 0 saturated heterocycles. The molecule has 0 aliphatic rings. The standard InChI is InChI=1S/C21H29N5O10/c22-12(8-17(30)31)18(32)25-14(7-10-1-3-11(28)4-2-10)19(33)26-15(9-27)20(34)24-13(21(35)36)5-6-16(23)29/h1-4,12-15,27-28H,5-9,22H2,(H2,23,29)(H,24,34)(H,25,32)(H,26,33)(H,30,31)(H,35,36). The number of nitrogens with two attached hydrogens (primary N) is 2. The lowest BCUT2D eigenvalue weighted by atomic mass is 10.0. The third-order valence-electron chi connectivity index (χ3n) is 4.85. The Morgan fingerprint density at radius 1 is 0.833 bits per heavy atom. The highest BCUT2D eigenvalue weighted by molar-refractivity contribution is 5.95. The molecule has 1 aromatic rings. The highest BCUT2D eigenvalue weighted by Gasteiger charge is 2.30. The summed E-state index contributed by atoms with van der Waals surface area (Å²) in [5.74, 6) is -6.71. The third kappa shape index (κ3) is 10.4. The van der Waals surface area contributed by atoms with Gasteiger partial charge in [-0.3, -0.25) is 24.0 Å². The van der Waals surface area contributed by atoms with E-state index in [4.69, 9.17) is 16.6 Å². The summed E-state index contributed by atoms with van der Waals surface area (Å²) in [5.41, 5.74) is 11.0. The Morgan fingerprint density at radius 2 is 1.36 bits per heavy atom. The fraction of sp³-hybridized carbons (Fsp3) is 0.429. The Hall–Kier alpha value is -4.24. The van der Waals surface area contributed by atoms with Crippen LogP contribution in [0.1, 0.15) is 24.8 Å². The lowest BCUT2D eigenvalue weighted by molar-refractivity contribution is -0.143. The van der Waals surface area contributed by atoms with E-state index >= 15 is 0 Å². The number of carbonyl (C=O) groups is 6. The van der Waals surface area contributed by atoms with Crippen molar-refractivity contribution in [2.45, 2.75) is 49.9 Å². The van der Waals surface area contributed by atoms with E-state index in [-0.39, 0.29) is 25.0 Å². The second-order valence-corrected chi connectivity index (χ2v) is 7.78. The maximum absolute atomic E-state index is 12.9. The number of aromatic hydroxyl groups is 1. The second kappa shape index (κ2) is 14.2. The Balaban J connectivity index is 3.01. The Labute approximate surface area is 204 Å². The lowest BCUT2D eigenvalue weighted by Gasteiger charge is -2.24. The van der Waals surface area contributed by atoms with Crippen molar-refractivity contribution in [1.82, 2.24) is 16.0 Å². The van der Waals surface area contributed by atoms with Crippen molar-refractivity contribution in [2.24, 2.45) is 11.5 Å². The summed E-state index contributed by atoms with van der Waals surface area (Å²) < 4.78 is 0. The number of rotatable bonds is 15. The van der Waals surface area contributed by atoms with Crippen LogP contribution in [0, 0.1) is 0 Å². The molecule has 0 spiro atoms. The first-order valence-electron chi connectivity index (χ1n) is 10.6. The first kappa shape index (κ1) is 29.8. The quantitative estimate of drug-likeness (QED) is 0.112. The van der Waals surface area contributed by atoms with E-state index in [1.165, 1.54) is 24.3 Å². The van der Waals surface area contributed by atoms with E-state index in [9.17, 15) is 44.1 Å². The molecule has 0 bridgehead atoms. The van der Waals surface area contributed by atoms with Crippen LogP contribution in [-0.2, 0) is 35.2 Å². The Bertz CT molecular complexity index is 968. The van der Waals surface area contributed by atoms with Crippen LogP contribution in [0.3, 0.4) is 0 Å². The average Bonchev–Trinajstić information content (AvgIpc) is 2.79. The third-order valence-corrected chi connectivity index (χ3v) is 4.85. The van der Waals surface area contributed by atoms with Gasteiger partial charge >= 0.3 is 11.9 Å². The monoisotopic (exact) mass is 511 g/mol. The molecule has 11 N–H and O–H groups in total. The number of aliphatic hydroxyl groups excluding tert-OH is 1. The summed E-state index contributed by atoms with van der Waals surface area (Å²) in [6, 6.07) is -0.506. The van der Waals surface area contributed by atoms with Gasteiger partial charge in [-0.2, -0.15) is 0 Å². The minimum absolute atomic E-state index is 0.0615. The zero-order chi connectivity index (χ0) is 27.4. The Morgan fingerprint density at radius 3 is 1.86 bits per heavy atom. The molecule has 0 aliphatic carbocycles. The van der Waals surface area contributed by atoms with Crippen molar-refractivity contribution in [2.75, 3.05) is 6.61 Å². The van der Waals surface area contributed by atoms with E-state index in [0.717, 1.165) is 0 Å². The maximum atomic E-state index is 12.9. The molecular weight excluding hydrogens is 482 g/mol. The molecular formula is C21H29N5O10. The number of nitrogens with one attached hydrogen (secondary N) is 3. The number of hydrogen-bond acceptors (Lipinski definition) is 9. The normalized spacial score (nSPS) is 13.9. The first-order valence-corrected chi connectivity index (χ1v) is 10.6. The van der Waals surface area contributed by atoms with Gasteiger partial charge in [-0.05, 0) is 24.1 Å². The van der Waals surface area contributed by atoms with Gasteiger partial charge < -0.3 is 47.8 Å². The van der Waals surface area contributed by atoms with Crippen molar-refractivity contribution in [3.63, 3.8) is 0 Å². The molecule has 1 aromatic carbocycles. The highest BCUT2D eigenvalue weighted by Crippen LogP contribution is 2.12. The zero-order valence-corrected chi connectivity index (χ0v) is 19.0. The van der Waals surface area contributed by atoms with Gasteiger partial charge in [0.2, 0.25) is 23.6 Å². The largest absolute Gasteiger partial charge is 0.508 e. The van der Waals surface area contributed by atoms with Crippen LogP contribution in [0.5, 0.6) is 5.75 Å². The summed E-state index contributed by atoms with van der Waals surface area (Å²) in [6.45, 7) is -0.946. The van der Waals surface area contributed by atoms with Crippen molar-refractivity contribution in [3.05, 3.63) is 29.8 Å². The van der Waals surface area contributed by atoms with E-state index in [1.54, 1.807) is 0 Å². The molecule has 4 amide bonds. The van der Waals surface area contributed by atoms with Crippen molar-refractivity contribution in [3.8, 4) is 5.75 Å². The predicted molar refractivity (Wildman–Crippen MR) is 121 cm³/mol. The van der Waals surface area contributed by atoms with E-state index in [0.29, 0.717) is 5.56 Å². The number of hydrogen-bond donors (Lipinski definition) is 9. The lowest BCUT2D eigenvalue weighted by Crippen LogP contribution is -2.58. The highest BCUT2D eigenvalue weighted by atomic mass is 16.4. The van der Waals surface area contributed by atoms with Gasteiger partial charge in [0.1, 0.15) is 23.9 Å². The number of carboxylic acid groups (broad SMARTS) is 2. The number of carbonyl (C=O) groups excluding carboxylic acids is 4. The number of phenols is 1. The average molecular weight is 511 g/mol. The van der Waals surface area contributed by atoms with E-state index in [1.807, 2.05) is 0 Å². The van der Waals surface area contributed by atoms with E-state index < -0.39 is 72.8 Å². The van der Waals surface area contributed by atoms with E-state index in [2.05, 4.69) is 16.0 Å². The van der Waals surface area contributed by atoms with Gasteiger partial charge in [-0.25, -0.2) is 4.79 Å². The summed E-state index contributed by atoms with van der Waals surface area (Å²) in [6.07, 6.45) is -1.56. The fourth-order valence-corrected chi connectivity index (χ4v) is 2.92. The molecule has 0 saturated carbocycles. The minimum Gasteiger partial charge on any atom is -0.508 e. The molecule has 0 fully saturated rings. The van der Waals surface area contributed by atoms with Crippen molar-refractivity contribution in [1.29, 1.82) is 0 Å². The molecule has 4 unspecified atom stereocenters. The van der Waals surface area contributed by atoms with Crippen molar-refractivity contribution >= 4 is 35.6 Å². The summed E-state index contributed by atoms with van der Waals surface area (Å²) in [7, 11) is 0. The maximum Gasteiger partial charge on any atom is 0.326 e. The van der Waals surface area contributed by atoms with Crippen LogP contribution in [0.15, 0.2) is 24.3 Å². The number of aliphatic carboxylic acids is 2. The number of carboxylic acids is 2. The predicted octanol–water partition coefficient (Wildman–Crippen LogP) is -3.47. The summed E-state index contributed by atoms with van der Waals surface area (Å²) >= 11 is 0. The molecule has 198 valence electrons. The Kier molecular flexibility index (Phi) is 11.8. The summed E-state index contributed by atoms with van der Waals surface area (Å²) in [5, 5.41) is 43.6. The van der Waals surface area contributed by atoms with Crippen LogP contribution in [0.25, 0.3) is 0 Å². The molecule has 36 heavy (non-hydrogen) atoms. The van der Waals surface area contributed by atoms with Crippen LogP contribution in [0.4, 0.5) is 0 Å². The molecule has 15 heteroatoms. The number of amides is 4. The van der Waals surface area contributed by atoms with Gasteiger partial charge in [0.25, 0.3) is 0 Å². The topological polar surface area (TPSA) is 271 Å². The zero-order valence-electron chi connectivity index (χ0n) is 19.0. The number of benzene rings is 1. The number of phenolic OH excluding ortho intramolecular Hbond substituents is 1. The van der Waals surface area contributed by atoms with Gasteiger partial charge in [-0.15, -0.1) is 0 Å². The molecule has 0 aromatic heterocycles. The minimum atomic E-state index is -1.64. The number of aliphatic hydroxyl groups is 1. The number of primary amides is 1. The molecule has 4 atom stereocenters. The molecule has 0 radical (unpaired) electrons. The SMILES string of the molecule is NC(=O)CCC(NC(=O)C(CO)NC(=O)C(Cc1ccc(O)cc1)NC(=O)C(N)CC(=O)O)C(=O)O. The second-order valence-electron chi connectivity index (χ2n) is 7.78. The van der Waals surface area contributed by atoms with Crippen LogP contribution < -0.4 is 27.4 Å². The summed E-state index contributed by atoms with van der Waals surface area (Å²) in [4.78, 5) is 70.8. The van der Waals surface area contributed by atoms with Crippen LogP contribution in [-0.4, -0.2) is 86.8 Å². The molecule has 0 aliphatic heterocycles. The fourth-order valence-electron chi connectivity index (χ4n) is 2.92. The molecule has 15 nitrogen and oxygen atoms in total. The first-order chi connectivity index (χ1) is 16.8. The van der Waals surface area contributed by atoms with Gasteiger partial charge in [0.05, 0.1) is 19.1 Å².